The fourth-order valence-electron chi connectivity index (χ4n) is 1.17. The van der Waals surface area contributed by atoms with E-state index in [4.69, 9.17) is 11.1 Å². The van der Waals surface area contributed by atoms with Crippen molar-refractivity contribution in [2.75, 3.05) is 11.5 Å². The molecule has 0 unspecified atom stereocenters. The van der Waals surface area contributed by atoms with Crippen molar-refractivity contribution < 1.29 is 4.79 Å². The summed E-state index contributed by atoms with van der Waals surface area (Å²) in [6.07, 6.45) is 0.815. The van der Waals surface area contributed by atoms with Crippen molar-refractivity contribution in [3.8, 4) is 0 Å². The van der Waals surface area contributed by atoms with E-state index in [0.717, 1.165) is 27.9 Å². The van der Waals surface area contributed by atoms with Crippen molar-refractivity contribution >= 4 is 44.3 Å². The van der Waals surface area contributed by atoms with E-state index in [9.17, 15) is 4.79 Å². The normalized spacial score (nSPS) is 10.3. The van der Waals surface area contributed by atoms with Gasteiger partial charge in [-0.25, -0.2) is 0 Å². The first-order chi connectivity index (χ1) is 8.63. The zero-order valence-electron chi connectivity index (χ0n) is 10.1. The van der Waals surface area contributed by atoms with E-state index in [1.807, 2.05) is 12.1 Å². The second kappa shape index (κ2) is 8.50. The molecule has 3 nitrogen and oxygen atoms in total. The molecule has 0 bridgehead atoms. The lowest BCUT2D eigenvalue weighted by atomic mass is 10.2. The van der Waals surface area contributed by atoms with Crippen LogP contribution in [0.1, 0.15) is 23.7 Å². The Morgan fingerprint density at radius 3 is 2.56 bits per heavy atom. The summed E-state index contributed by atoms with van der Waals surface area (Å²) in [6, 6.07) is 7.26. The Bertz CT molecular complexity index is 406. The fourth-order valence-corrected chi connectivity index (χ4v) is 3.88. The third kappa shape index (κ3) is 5.84. The first-order valence-corrected chi connectivity index (χ1v) is 8.83. The summed E-state index contributed by atoms with van der Waals surface area (Å²) in [7, 11) is 3.38. The number of nitrogens with one attached hydrogen (secondary N) is 1. The highest BCUT2D eigenvalue weighted by molar-refractivity contribution is 8.76. The van der Waals surface area contributed by atoms with Gasteiger partial charge < -0.3 is 5.73 Å². The Hall–Kier alpha value is -0.590. The minimum Gasteiger partial charge on any atom is -0.366 e. The molecule has 0 aromatic heterocycles. The fraction of sp³-hybridized carbons (Fsp3) is 0.333. The number of benzene rings is 1. The van der Waals surface area contributed by atoms with Crippen LogP contribution in [0.4, 0.5) is 0 Å². The highest BCUT2D eigenvalue weighted by atomic mass is 33.1. The molecule has 1 rings (SSSR count). The number of hydrogen-bond acceptors (Lipinski definition) is 5. The van der Waals surface area contributed by atoms with Gasteiger partial charge in [-0.3, -0.25) is 10.2 Å². The monoisotopic (exact) mass is 300 g/mol. The number of primary amides is 1. The first kappa shape index (κ1) is 15.5. The van der Waals surface area contributed by atoms with Gasteiger partial charge in [-0.05, 0) is 30.0 Å². The Balaban J connectivity index is 2.27. The average molecular weight is 300 g/mol. The van der Waals surface area contributed by atoms with Gasteiger partial charge in [0, 0.05) is 22.6 Å². The quantitative estimate of drug-likeness (QED) is 0.349. The van der Waals surface area contributed by atoms with E-state index in [1.54, 1.807) is 45.5 Å². The van der Waals surface area contributed by atoms with E-state index >= 15 is 0 Å². The summed E-state index contributed by atoms with van der Waals surface area (Å²) < 4.78 is 0. The van der Waals surface area contributed by atoms with Crippen molar-refractivity contribution in [3.05, 3.63) is 29.8 Å². The number of carbonyl (C=O) groups excluding carboxylic acids is 1. The van der Waals surface area contributed by atoms with E-state index in [-0.39, 0.29) is 0 Å². The minimum atomic E-state index is -0.399. The van der Waals surface area contributed by atoms with Crippen LogP contribution < -0.4 is 5.73 Å². The predicted octanol–water partition coefficient (Wildman–Crippen LogP) is 3.65. The summed E-state index contributed by atoms with van der Waals surface area (Å²) in [4.78, 5) is 12.0. The van der Waals surface area contributed by atoms with Crippen molar-refractivity contribution in [1.82, 2.24) is 0 Å². The number of nitrogens with two attached hydrogens (primary N) is 1. The molecule has 3 N–H and O–H groups in total. The van der Waals surface area contributed by atoms with E-state index in [2.05, 4.69) is 6.92 Å². The zero-order chi connectivity index (χ0) is 13.4. The SMILES string of the molecule is CCSC(=N)CCSSc1ccc(C(N)=O)cc1. The second-order valence-electron chi connectivity index (χ2n) is 3.40. The summed E-state index contributed by atoms with van der Waals surface area (Å²) >= 11 is 1.59. The second-order valence-corrected chi connectivity index (χ2v) is 7.25. The standard InChI is InChI=1S/C12H16N2OS3/c1-2-16-11(13)7-8-17-18-10-5-3-9(4-6-10)12(14)15/h3-6,13H,2,7-8H2,1H3,(H2,14,15). The molecule has 1 aromatic carbocycles. The lowest BCUT2D eigenvalue weighted by molar-refractivity contribution is 0.1000. The van der Waals surface area contributed by atoms with Crippen LogP contribution in [0.25, 0.3) is 0 Å². The van der Waals surface area contributed by atoms with Gasteiger partial charge in [-0.1, -0.05) is 28.5 Å². The maximum absolute atomic E-state index is 10.9. The molecule has 6 heteroatoms. The van der Waals surface area contributed by atoms with Crippen LogP contribution in [0.3, 0.4) is 0 Å². The lowest BCUT2D eigenvalue weighted by Gasteiger charge is -2.03. The molecule has 0 saturated heterocycles. The number of carbonyl (C=O) groups is 1. The van der Waals surface area contributed by atoms with Gasteiger partial charge >= 0.3 is 0 Å². The molecule has 1 amide bonds. The third-order valence-electron chi connectivity index (χ3n) is 2.03. The number of hydrogen-bond donors (Lipinski definition) is 2. The zero-order valence-corrected chi connectivity index (χ0v) is 12.6. The van der Waals surface area contributed by atoms with Crippen LogP contribution in [0.2, 0.25) is 0 Å². The predicted molar refractivity (Wildman–Crippen MR) is 83.8 cm³/mol. The van der Waals surface area contributed by atoms with Crippen LogP contribution in [0.15, 0.2) is 29.2 Å². The summed E-state index contributed by atoms with van der Waals surface area (Å²) in [5.74, 6) is 1.49. The van der Waals surface area contributed by atoms with E-state index in [1.165, 1.54) is 0 Å². The number of thioether (sulfide) groups is 1. The van der Waals surface area contributed by atoms with Gasteiger partial charge in [0.1, 0.15) is 0 Å². The molecule has 98 valence electrons. The summed E-state index contributed by atoms with van der Waals surface area (Å²) in [5.41, 5.74) is 5.70. The third-order valence-corrected chi connectivity index (χ3v) is 5.25. The summed E-state index contributed by atoms with van der Waals surface area (Å²) in [5, 5.41) is 8.38. The lowest BCUT2D eigenvalue weighted by Crippen LogP contribution is -2.10. The maximum atomic E-state index is 10.9. The largest absolute Gasteiger partial charge is 0.366 e. The molecule has 0 fully saturated rings. The molecule has 18 heavy (non-hydrogen) atoms. The number of rotatable bonds is 7. The van der Waals surface area contributed by atoms with Crippen LogP contribution in [0.5, 0.6) is 0 Å². The average Bonchev–Trinajstić information content (AvgIpc) is 2.35. The van der Waals surface area contributed by atoms with Gasteiger partial charge in [0.25, 0.3) is 0 Å². The molecule has 0 spiro atoms. The van der Waals surface area contributed by atoms with Crippen molar-refractivity contribution in [2.24, 2.45) is 5.73 Å². The molecule has 0 aliphatic rings. The molecule has 0 radical (unpaired) electrons. The van der Waals surface area contributed by atoms with Gasteiger partial charge in [0.05, 0.1) is 5.04 Å². The molecule has 0 atom stereocenters. The molecule has 0 aliphatic heterocycles. The molecule has 0 heterocycles. The van der Waals surface area contributed by atoms with Gasteiger partial charge in [-0.15, -0.1) is 11.8 Å². The van der Waals surface area contributed by atoms with Crippen molar-refractivity contribution in [1.29, 1.82) is 5.41 Å². The Morgan fingerprint density at radius 2 is 2.00 bits per heavy atom. The first-order valence-electron chi connectivity index (χ1n) is 5.53. The highest BCUT2D eigenvalue weighted by Crippen LogP contribution is 2.31. The number of amides is 1. The van der Waals surface area contributed by atoms with Gasteiger partial charge in [-0.2, -0.15) is 0 Å². The molecule has 0 saturated carbocycles. The maximum Gasteiger partial charge on any atom is 0.248 e. The van der Waals surface area contributed by atoms with Crippen LogP contribution >= 0.6 is 33.3 Å². The summed E-state index contributed by atoms with van der Waals surface area (Å²) in [6.45, 7) is 2.06. The Labute approximate surface area is 120 Å². The minimum absolute atomic E-state index is 0.399. The van der Waals surface area contributed by atoms with Crippen molar-refractivity contribution in [2.45, 2.75) is 18.2 Å². The smallest absolute Gasteiger partial charge is 0.248 e. The Kier molecular flexibility index (Phi) is 7.31. The molecule has 0 aliphatic carbocycles. The molecular formula is C12H16N2OS3. The van der Waals surface area contributed by atoms with Crippen molar-refractivity contribution in [3.63, 3.8) is 0 Å². The topological polar surface area (TPSA) is 66.9 Å². The van der Waals surface area contributed by atoms with E-state index < -0.39 is 5.91 Å². The Morgan fingerprint density at radius 1 is 1.33 bits per heavy atom. The van der Waals surface area contributed by atoms with Crippen LogP contribution in [0, 0.1) is 5.41 Å². The van der Waals surface area contributed by atoms with Crippen LogP contribution in [-0.4, -0.2) is 22.5 Å². The van der Waals surface area contributed by atoms with E-state index in [0.29, 0.717) is 5.56 Å². The molecule has 1 aromatic rings. The highest BCUT2D eigenvalue weighted by Gasteiger charge is 2.01. The van der Waals surface area contributed by atoms with Gasteiger partial charge in [0.2, 0.25) is 5.91 Å². The van der Waals surface area contributed by atoms with Crippen LogP contribution in [-0.2, 0) is 0 Å². The van der Waals surface area contributed by atoms with Gasteiger partial charge in [0.15, 0.2) is 0 Å². The molecular weight excluding hydrogens is 284 g/mol.